The first kappa shape index (κ1) is 14.6. The van der Waals surface area contributed by atoms with E-state index in [9.17, 15) is 4.79 Å². The number of piperidine rings is 1. The van der Waals surface area contributed by atoms with Crippen LogP contribution in [-0.2, 0) is 4.79 Å². The number of amides is 1. The van der Waals surface area contributed by atoms with Gasteiger partial charge in [0, 0.05) is 36.9 Å². The quantitative estimate of drug-likeness (QED) is 0.875. The van der Waals surface area contributed by atoms with Gasteiger partial charge < -0.3 is 20.9 Å². The van der Waals surface area contributed by atoms with E-state index in [1.165, 1.54) is 0 Å². The number of nitrogens with zero attached hydrogens (tertiary/aromatic N) is 2. The SMILES string of the molecule is NCCN1CCC2(CC1)C(=O)NCN2c1cccc(Cl)c1. The fraction of sp³-hybridized carbons (Fsp3) is 0.533. The number of hydrogen-bond donors (Lipinski definition) is 2. The summed E-state index contributed by atoms with van der Waals surface area (Å²) in [4.78, 5) is 16.9. The predicted molar refractivity (Wildman–Crippen MR) is 84.4 cm³/mol. The van der Waals surface area contributed by atoms with Gasteiger partial charge in [-0.2, -0.15) is 0 Å². The molecule has 2 saturated heterocycles. The molecular formula is C15H21ClN4O. The molecule has 1 spiro atoms. The Morgan fingerprint density at radius 3 is 2.76 bits per heavy atom. The number of benzene rings is 1. The van der Waals surface area contributed by atoms with Gasteiger partial charge in [0.15, 0.2) is 0 Å². The Kier molecular flexibility index (Phi) is 4.06. The standard InChI is InChI=1S/C15H21ClN4O/c16-12-2-1-3-13(10-12)20-11-18-14(21)15(20)4-7-19(8-5-15)9-6-17/h1-3,10H,4-9,11,17H2,(H,18,21). The summed E-state index contributed by atoms with van der Waals surface area (Å²) < 4.78 is 0. The highest BCUT2D eigenvalue weighted by atomic mass is 35.5. The first-order chi connectivity index (χ1) is 10.2. The van der Waals surface area contributed by atoms with Crippen molar-refractivity contribution < 1.29 is 4.79 Å². The number of nitrogens with two attached hydrogens (primary N) is 1. The first-order valence-electron chi connectivity index (χ1n) is 7.40. The molecule has 2 heterocycles. The lowest BCUT2D eigenvalue weighted by molar-refractivity contribution is -0.125. The largest absolute Gasteiger partial charge is 0.339 e. The summed E-state index contributed by atoms with van der Waals surface area (Å²) in [5, 5.41) is 3.69. The lowest BCUT2D eigenvalue weighted by atomic mass is 9.85. The Balaban J connectivity index is 1.83. The van der Waals surface area contributed by atoms with E-state index in [4.69, 9.17) is 17.3 Å². The zero-order valence-electron chi connectivity index (χ0n) is 12.0. The Hall–Kier alpha value is -1.30. The van der Waals surface area contributed by atoms with Gasteiger partial charge >= 0.3 is 0 Å². The minimum Gasteiger partial charge on any atom is -0.339 e. The second-order valence-electron chi connectivity index (χ2n) is 5.73. The number of halogens is 1. The lowest BCUT2D eigenvalue weighted by Gasteiger charge is -2.43. The van der Waals surface area contributed by atoms with Crippen molar-refractivity contribution >= 4 is 23.2 Å². The van der Waals surface area contributed by atoms with Gasteiger partial charge in [0.1, 0.15) is 5.54 Å². The third-order valence-electron chi connectivity index (χ3n) is 4.59. The van der Waals surface area contributed by atoms with Crippen molar-refractivity contribution in [1.82, 2.24) is 10.2 Å². The van der Waals surface area contributed by atoms with Gasteiger partial charge in [-0.05, 0) is 31.0 Å². The Labute approximate surface area is 130 Å². The monoisotopic (exact) mass is 308 g/mol. The van der Waals surface area contributed by atoms with Crippen LogP contribution in [-0.4, -0.2) is 49.2 Å². The van der Waals surface area contributed by atoms with E-state index in [-0.39, 0.29) is 5.91 Å². The van der Waals surface area contributed by atoms with Crippen molar-refractivity contribution in [1.29, 1.82) is 0 Å². The molecule has 0 atom stereocenters. The highest BCUT2D eigenvalue weighted by Gasteiger charge is 2.50. The molecule has 0 saturated carbocycles. The van der Waals surface area contributed by atoms with Crippen LogP contribution < -0.4 is 16.0 Å². The summed E-state index contributed by atoms with van der Waals surface area (Å²) >= 11 is 6.10. The maximum absolute atomic E-state index is 12.5. The molecule has 2 aliphatic heterocycles. The highest BCUT2D eigenvalue weighted by molar-refractivity contribution is 6.30. The third kappa shape index (κ3) is 2.61. The molecular weight excluding hydrogens is 288 g/mol. The van der Waals surface area contributed by atoms with E-state index >= 15 is 0 Å². The van der Waals surface area contributed by atoms with Crippen LogP contribution in [0.2, 0.25) is 5.02 Å². The summed E-state index contributed by atoms with van der Waals surface area (Å²) in [5.41, 5.74) is 6.19. The molecule has 0 aromatic heterocycles. The molecule has 0 unspecified atom stereocenters. The topological polar surface area (TPSA) is 61.6 Å². The van der Waals surface area contributed by atoms with Crippen LogP contribution in [0.1, 0.15) is 12.8 Å². The second-order valence-corrected chi connectivity index (χ2v) is 6.17. The molecule has 0 radical (unpaired) electrons. The van der Waals surface area contributed by atoms with Crippen molar-refractivity contribution in [2.24, 2.45) is 5.73 Å². The molecule has 3 N–H and O–H groups in total. The number of nitrogens with one attached hydrogen (secondary N) is 1. The number of hydrogen-bond acceptors (Lipinski definition) is 4. The molecule has 1 aromatic rings. The van der Waals surface area contributed by atoms with Crippen LogP contribution in [0.5, 0.6) is 0 Å². The van der Waals surface area contributed by atoms with Gasteiger partial charge in [-0.3, -0.25) is 4.79 Å². The lowest BCUT2D eigenvalue weighted by Crippen LogP contribution is -2.56. The fourth-order valence-electron chi connectivity index (χ4n) is 3.40. The molecule has 0 aliphatic carbocycles. The smallest absolute Gasteiger partial charge is 0.247 e. The molecule has 1 amide bonds. The van der Waals surface area contributed by atoms with Crippen molar-refractivity contribution in [3.63, 3.8) is 0 Å². The van der Waals surface area contributed by atoms with Crippen LogP contribution in [0.15, 0.2) is 24.3 Å². The molecule has 1 aromatic carbocycles. The summed E-state index contributed by atoms with van der Waals surface area (Å²) in [6.07, 6.45) is 1.65. The molecule has 2 fully saturated rings. The number of rotatable bonds is 3. The molecule has 5 nitrogen and oxygen atoms in total. The average Bonchev–Trinajstić information content (AvgIpc) is 2.79. The normalized spacial score (nSPS) is 21.8. The highest BCUT2D eigenvalue weighted by Crippen LogP contribution is 2.36. The van der Waals surface area contributed by atoms with Gasteiger partial charge in [-0.1, -0.05) is 17.7 Å². The molecule has 0 bridgehead atoms. The zero-order valence-corrected chi connectivity index (χ0v) is 12.8. The summed E-state index contributed by atoms with van der Waals surface area (Å²) in [6.45, 7) is 3.92. The van der Waals surface area contributed by atoms with Crippen molar-refractivity contribution in [3.8, 4) is 0 Å². The second kappa shape index (κ2) is 5.83. The van der Waals surface area contributed by atoms with E-state index in [1.807, 2.05) is 24.3 Å². The summed E-state index contributed by atoms with van der Waals surface area (Å²) in [5.74, 6) is 0.134. The van der Waals surface area contributed by atoms with Gasteiger partial charge in [-0.15, -0.1) is 0 Å². The zero-order chi connectivity index (χ0) is 14.9. The van der Waals surface area contributed by atoms with Gasteiger partial charge in [0.25, 0.3) is 0 Å². The van der Waals surface area contributed by atoms with Crippen molar-refractivity contribution in [2.45, 2.75) is 18.4 Å². The van der Waals surface area contributed by atoms with Crippen molar-refractivity contribution in [2.75, 3.05) is 37.7 Å². The van der Waals surface area contributed by atoms with E-state index in [0.29, 0.717) is 18.2 Å². The molecule has 3 rings (SSSR count). The van der Waals surface area contributed by atoms with Crippen LogP contribution in [0, 0.1) is 0 Å². The summed E-state index contributed by atoms with van der Waals surface area (Å²) in [6, 6.07) is 7.72. The minimum absolute atomic E-state index is 0.134. The number of likely N-dealkylation sites (tertiary alicyclic amines) is 1. The first-order valence-corrected chi connectivity index (χ1v) is 7.77. The van der Waals surface area contributed by atoms with Crippen LogP contribution in [0.4, 0.5) is 5.69 Å². The molecule has 21 heavy (non-hydrogen) atoms. The van der Waals surface area contributed by atoms with Gasteiger partial charge in [-0.25, -0.2) is 0 Å². The maximum Gasteiger partial charge on any atom is 0.247 e. The Morgan fingerprint density at radius 1 is 1.33 bits per heavy atom. The molecule has 6 heteroatoms. The summed E-state index contributed by atoms with van der Waals surface area (Å²) in [7, 11) is 0. The fourth-order valence-corrected chi connectivity index (χ4v) is 3.58. The number of carbonyl (C=O) groups excluding carboxylic acids is 1. The van der Waals surface area contributed by atoms with Crippen LogP contribution in [0.3, 0.4) is 0 Å². The van der Waals surface area contributed by atoms with Crippen molar-refractivity contribution in [3.05, 3.63) is 29.3 Å². The van der Waals surface area contributed by atoms with E-state index < -0.39 is 5.54 Å². The van der Waals surface area contributed by atoms with Gasteiger partial charge in [0.05, 0.1) is 6.67 Å². The Bertz CT molecular complexity index is 528. The predicted octanol–water partition coefficient (Wildman–Crippen LogP) is 1.03. The molecule has 2 aliphatic rings. The minimum atomic E-state index is -0.435. The van der Waals surface area contributed by atoms with Gasteiger partial charge in [0.2, 0.25) is 5.91 Å². The Morgan fingerprint density at radius 2 is 2.10 bits per heavy atom. The number of anilines is 1. The van der Waals surface area contributed by atoms with Crippen LogP contribution >= 0.6 is 11.6 Å². The molecule has 114 valence electrons. The van der Waals surface area contributed by atoms with E-state index in [1.54, 1.807) is 0 Å². The van der Waals surface area contributed by atoms with E-state index in [0.717, 1.165) is 38.2 Å². The third-order valence-corrected chi connectivity index (χ3v) is 4.82. The van der Waals surface area contributed by atoms with E-state index in [2.05, 4.69) is 15.1 Å². The maximum atomic E-state index is 12.5. The number of carbonyl (C=O) groups is 1. The van der Waals surface area contributed by atoms with Crippen LogP contribution in [0.25, 0.3) is 0 Å². The average molecular weight is 309 g/mol.